The number of nitrogens with two attached hydrogens (primary N) is 1. The van der Waals surface area contributed by atoms with Gasteiger partial charge in [-0.15, -0.1) is 0 Å². The fourth-order valence-electron chi connectivity index (χ4n) is 0.760. The Morgan fingerprint density at radius 3 is 3.00 bits per heavy atom. The molecular weight excluding hydrogens is 168 g/mol. The van der Waals surface area contributed by atoms with Gasteiger partial charge in [-0.25, -0.2) is 0 Å². The van der Waals surface area contributed by atoms with E-state index in [1.807, 2.05) is 6.07 Å². The Morgan fingerprint density at radius 2 is 2.46 bits per heavy atom. The molecule has 0 aromatic carbocycles. The van der Waals surface area contributed by atoms with E-state index in [-0.39, 0.29) is 6.61 Å². The first-order chi connectivity index (χ1) is 6.20. The highest BCUT2D eigenvalue weighted by atomic mass is 16.5. The SMILES string of the molecule is C[C@H](N)C(=O)OCc1ccccn1. The second kappa shape index (κ2) is 4.57. The molecule has 0 amide bonds. The van der Waals surface area contributed by atoms with Crippen molar-refractivity contribution >= 4 is 5.97 Å². The number of esters is 1. The monoisotopic (exact) mass is 180 g/mol. The van der Waals surface area contributed by atoms with Crippen molar-refractivity contribution in [3.63, 3.8) is 0 Å². The molecule has 0 fully saturated rings. The third-order valence-corrected chi connectivity index (χ3v) is 1.46. The zero-order valence-electron chi connectivity index (χ0n) is 7.43. The van der Waals surface area contributed by atoms with E-state index in [2.05, 4.69) is 4.98 Å². The van der Waals surface area contributed by atoms with Gasteiger partial charge in [-0.3, -0.25) is 9.78 Å². The molecular formula is C9H12N2O2. The summed E-state index contributed by atoms with van der Waals surface area (Å²) in [5.41, 5.74) is 6.02. The molecule has 1 aromatic rings. The van der Waals surface area contributed by atoms with E-state index in [9.17, 15) is 4.79 Å². The molecule has 4 nitrogen and oxygen atoms in total. The number of rotatable bonds is 3. The van der Waals surface area contributed by atoms with E-state index in [4.69, 9.17) is 10.5 Å². The van der Waals surface area contributed by atoms with Crippen LogP contribution in [0.4, 0.5) is 0 Å². The predicted molar refractivity (Wildman–Crippen MR) is 47.7 cm³/mol. The van der Waals surface area contributed by atoms with Gasteiger partial charge in [-0.1, -0.05) is 6.07 Å². The van der Waals surface area contributed by atoms with E-state index in [0.717, 1.165) is 5.69 Å². The molecule has 1 rings (SSSR count). The van der Waals surface area contributed by atoms with Gasteiger partial charge in [0.05, 0.1) is 5.69 Å². The normalized spacial score (nSPS) is 12.2. The summed E-state index contributed by atoms with van der Waals surface area (Å²) in [5, 5.41) is 0. The van der Waals surface area contributed by atoms with Crippen LogP contribution in [0.2, 0.25) is 0 Å². The summed E-state index contributed by atoms with van der Waals surface area (Å²) in [7, 11) is 0. The highest BCUT2D eigenvalue weighted by Gasteiger charge is 2.08. The van der Waals surface area contributed by atoms with Crippen molar-refractivity contribution in [3.8, 4) is 0 Å². The Balaban J connectivity index is 2.40. The number of ether oxygens (including phenoxy) is 1. The van der Waals surface area contributed by atoms with Crippen LogP contribution in [-0.4, -0.2) is 17.0 Å². The molecule has 0 aliphatic carbocycles. The summed E-state index contributed by atoms with van der Waals surface area (Å²) in [6.07, 6.45) is 1.65. The van der Waals surface area contributed by atoms with Crippen molar-refractivity contribution < 1.29 is 9.53 Å². The van der Waals surface area contributed by atoms with Gasteiger partial charge in [0.2, 0.25) is 0 Å². The first-order valence-corrected chi connectivity index (χ1v) is 4.02. The minimum Gasteiger partial charge on any atom is -0.458 e. The van der Waals surface area contributed by atoms with E-state index in [0.29, 0.717) is 0 Å². The minimum atomic E-state index is -0.580. The second-order valence-electron chi connectivity index (χ2n) is 2.72. The van der Waals surface area contributed by atoms with Gasteiger partial charge in [0.1, 0.15) is 12.6 Å². The van der Waals surface area contributed by atoms with Crippen LogP contribution in [0.25, 0.3) is 0 Å². The lowest BCUT2D eigenvalue weighted by Crippen LogP contribution is -2.28. The van der Waals surface area contributed by atoms with Gasteiger partial charge in [-0.2, -0.15) is 0 Å². The van der Waals surface area contributed by atoms with Gasteiger partial charge >= 0.3 is 5.97 Å². The van der Waals surface area contributed by atoms with E-state index < -0.39 is 12.0 Å². The molecule has 0 unspecified atom stereocenters. The average molecular weight is 180 g/mol. The molecule has 13 heavy (non-hydrogen) atoms. The fourth-order valence-corrected chi connectivity index (χ4v) is 0.760. The lowest BCUT2D eigenvalue weighted by molar-refractivity contribution is -0.146. The van der Waals surface area contributed by atoms with Gasteiger partial charge in [-0.05, 0) is 19.1 Å². The van der Waals surface area contributed by atoms with Gasteiger partial charge < -0.3 is 10.5 Å². The number of carbonyl (C=O) groups is 1. The highest BCUT2D eigenvalue weighted by molar-refractivity contribution is 5.74. The Bertz CT molecular complexity index is 272. The second-order valence-corrected chi connectivity index (χ2v) is 2.72. The summed E-state index contributed by atoms with van der Waals surface area (Å²) in [4.78, 5) is 14.9. The number of carbonyl (C=O) groups excluding carboxylic acids is 1. The van der Waals surface area contributed by atoms with Crippen molar-refractivity contribution in [3.05, 3.63) is 30.1 Å². The molecule has 70 valence electrons. The van der Waals surface area contributed by atoms with Crippen LogP contribution in [0, 0.1) is 0 Å². The van der Waals surface area contributed by atoms with Crippen LogP contribution in [0.15, 0.2) is 24.4 Å². The van der Waals surface area contributed by atoms with E-state index >= 15 is 0 Å². The van der Waals surface area contributed by atoms with Crippen LogP contribution >= 0.6 is 0 Å². The number of pyridine rings is 1. The van der Waals surface area contributed by atoms with Crippen molar-refractivity contribution in [2.24, 2.45) is 5.73 Å². The third-order valence-electron chi connectivity index (χ3n) is 1.46. The molecule has 0 aliphatic heterocycles. The Morgan fingerprint density at radius 1 is 1.69 bits per heavy atom. The average Bonchev–Trinajstić information content (AvgIpc) is 2.15. The Hall–Kier alpha value is -1.42. The summed E-state index contributed by atoms with van der Waals surface area (Å²) in [6, 6.07) is 4.84. The molecule has 1 heterocycles. The number of hydrogen-bond donors (Lipinski definition) is 1. The molecule has 0 aliphatic rings. The van der Waals surface area contributed by atoms with Gasteiger partial charge in [0.25, 0.3) is 0 Å². The predicted octanol–water partition coefficient (Wildman–Crippen LogP) is 0.472. The minimum absolute atomic E-state index is 0.182. The van der Waals surface area contributed by atoms with Crippen molar-refractivity contribution in [1.82, 2.24) is 4.98 Å². The zero-order valence-corrected chi connectivity index (χ0v) is 7.43. The molecule has 0 spiro atoms. The molecule has 0 radical (unpaired) electrons. The van der Waals surface area contributed by atoms with Crippen LogP contribution in [-0.2, 0) is 16.1 Å². The number of aromatic nitrogens is 1. The lowest BCUT2D eigenvalue weighted by atomic mass is 10.3. The maximum atomic E-state index is 10.9. The topological polar surface area (TPSA) is 65.2 Å². The first kappa shape index (κ1) is 9.67. The molecule has 1 atom stereocenters. The molecule has 4 heteroatoms. The Labute approximate surface area is 76.7 Å². The highest BCUT2D eigenvalue weighted by Crippen LogP contribution is 1.96. The quantitative estimate of drug-likeness (QED) is 0.687. The number of hydrogen-bond acceptors (Lipinski definition) is 4. The maximum absolute atomic E-state index is 10.9. The molecule has 0 saturated carbocycles. The van der Waals surface area contributed by atoms with Crippen LogP contribution in [0.3, 0.4) is 0 Å². The largest absolute Gasteiger partial charge is 0.458 e. The van der Waals surface area contributed by atoms with Gasteiger partial charge in [0.15, 0.2) is 0 Å². The van der Waals surface area contributed by atoms with E-state index in [1.54, 1.807) is 25.3 Å². The molecule has 0 bridgehead atoms. The van der Waals surface area contributed by atoms with Crippen LogP contribution < -0.4 is 5.73 Å². The molecule has 0 saturated heterocycles. The van der Waals surface area contributed by atoms with Crippen LogP contribution in [0.1, 0.15) is 12.6 Å². The zero-order chi connectivity index (χ0) is 9.68. The first-order valence-electron chi connectivity index (χ1n) is 4.02. The Kier molecular flexibility index (Phi) is 3.40. The summed E-state index contributed by atoms with van der Waals surface area (Å²) in [5.74, 6) is -0.411. The number of nitrogens with zero attached hydrogens (tertiary/aromatic N) is 1. The van der Waals surface area contributed by atoms with E-state index in [1.165, 1.54) is 0 Å². The molecule has 1 aromatic heterocycles. The van der Waals surface area contributed by atoms with Gasteiger partial charge in [0, 0.05) is 6.20 Å². The van der Waals surface area contributed by atoms with Crippen molar-refractivity contribution in [1.29, 1.82) is 0 Å². The molecule has 2 N–H and O–H groups in total. The standard InChI is InChI=1S/C9H12N2O2/c1-7(10)9(12)13-6-8-4-2-3-5-11-8/h2-5,7H,6,10H2,1H3/t7-/m0/s1. The summed E-state index contributed by atoms with van der Waals surface area (Å²) < 4.78 is 4.86. The van der Waals surface area contributed by atoms with Crippen molar-refractivity contribution in [2.45, 2.75) is 19.6 Å². The smallest absolute Gasteiger partial charge is 0.323 e. The van der Waals surface area contributed by atoms with Crippen LogP contribution in [0.5, 0.6) is 0 Å². The fraction of sp³-hybridized carbons (Fsp3) is 0.333. The maximum Gasteiger partial charge on any atom is 0.323 e. The third kappa shape index (κ3) is 3.21. The summed E-state index contributed by atoms with van der Waals surface area (Å²) >= 11 is 0. The lowest BCUT2D eigenvalue weighted by Gasteiger charge is -2.05. The summed E-state index contributed by atoms with van der Waals surface area (Å²) in [6.45, 7) is 1.77. The van der Waals surface area contributed by atoms with Crippen molar-refractivity contribution in [2.75, 3.05) is 0 Å².